The minimum Gasteiger partial charge on any atom is -0.378 e. The first kappa shape index (κ1) is 31.5. The molecule has 42 heavy (non-hydrogen) atoms. The van der Waals surface area contributed by atoms with E-state index in [1.807, 2.05) is 13.1 Å². The molecular weight excluding hydrogens is 591 g/mol. The van der Waals surface area contributed by atoms with Crippen LogP contribution in [-0.2, 0) is 49.7 Å². The van der Waals surface area contributed by atoms with E-state index in [-0.39, 0.29) is 27.9 Å². The summed E-state index contributed by atoms with van der Waals surface area (Å²) in [4.78, 5) is 23.2. The lowest BCUT2D eigenvalue weighted by Gasteiger charge is -2.39. The van der Waals surface area contributed by atoms with Crippen LogP contribution in [0.1, 0.15) is 88.8 Å². The lowest BCUT2D eigenvalue weighted by molar-refractivity contribution is -0.304. The van der Waals surface area contributed by atoms with Gasteiger partial charge in [-0.25, -0.2) is 18.7 Å². The van der Waals surface area contributed by atoms with Crippen molar-refractivity contribution in [1.82, 2.24) is 14.7 Å². The number of amides is 2. The number of hydrogen-bond donors (Lipinski definition) is 3. The van der Waals surface area contributed by atoms with E-state index in [1.54, 1.807) is 13.8 Å². The van der Waals surface area contributed by atoms with Gasteiger partial charge in [0.1, 0.15) is 9.22 Å². The van der Waals surface area contributed by atoms with Crippen molar-refractivity contribution in [3.8, 4) is 0 Å². The Morgan fingerprint density at radius 3 is 2.43 bits per heavy atom. The van der Waals surface area contributed by atoms with Gasteiger partial charge in [0.15, 0.2) is 29.5 Å². The number of nitrogens with zero attached hydrogens (tertiary/aromatic N) is 3. The zero-order valence-corrected chi connectivity index (χ0v) is 28.9. The van der Waals surface area contributed by atoms with E-state index in [0.717, 1.165) is 71.6 Å². The maximum atomic E-state index is 14.8. The van der Waals surface area contributed by atoms with E-state index in [0.29, 0.717) is 5.01 Å². The Hall–Kier alpha value is -1.90. The van der Waals surface area contributed by atoms with E-state index < -0.39 is 35.6 Å². The number of aryl methyl sites for hydroxylation is 1. The number of anilines is 1. The van der Waals surface area contributed by atoms with Gasteiger partial charge in [0, 0.05) is 11.1 Å². The van der Waals surface area contributed by atoms with Gasteiger partial charge in [-0.15, -0.1) is 11.3 Å². The molecule has 3 N–H and O–H groups in total. The minimum atomic E-state index is -3.47. The molecule has 3 aliphatic rings. The third kappa shape index (κ3) is 5.80. The van der Waals surface area contributed by atoms with Gasteiger partial charge in [0.25, 0.3) is 0 Å². The molecule has 2 amide bonds. The summed E-state index contributed by atoms with van der Waals surface area (Å²) in [7, 11) is -6.01. The number of carbonyl (C=O) groups is 1. The number of rotatable bonds is 5. The fourth-order valence-corrected chi connectivity index (χ4v) is 12.0. The summed E-state index contributed by atoms with van der Waals surface area (Å²) < 4.78 is 34.2. The number of pyridine rings is 1. The monoisotopic (exact) mass is 635 g/mol. The molecule has 13 heteroatoms. The molecule has 1 saturated heterocycles. The largest absolute Gasteiger partial charge is 0.378 e. The molecule has 1 unspecified atom stereocenters. The molecule has 10 nitrogen and oxygen atoms in total. The first-order valence-corrected chi connectivity index (χ1v) is 19.9. The first-order valence-electron chi connectivity index (χ1n) is 14.6. The quantitative estimate of drug-likeness (QED) is 0.354. The van der Waals surface area contributed by atoms with Crippen molar-refractivity contribution in [3.05, 3.63) is 33.7 Å². The Labute approximate surface area is 254 Å². The van der Waals surface area contributed by atoms with Crippen LogP contribution in [0, 0.1) is 0 Å². The molecular formula is C29H45N5O5S2Si. The summed E-state index contributed by atoms with van der Waals surface area (Å²) in [6, 6.07) is -0.575. The van der Waals surface area contributed by atoms with E-state index in [4.69, 9.17) is 18.5 Å². The molecule has 0 radical (unpaired) electrons. The number of carbonyl (C=O) groups excluding carboxylic acids is 1. The van der Waals surface area contributed by atoms with Crippen LogP contribution in [0.4, 0.5) is 10.5 Å². The third-order valence-corrected chi connectivity index (χ3v) is 18.7. The summed E-state index contributed by atoms with van der Waals surface area (Å²) >= 11 is 1.06. The molecule has 2 aliphatic carbocycles. The molecule has 0 aromatic carbocycles. The van der Waals surface area contributed by atoms with Crippen molar-refractivity contribution in [3.63, 3.8) is 0 Å². The zero-order chi connectivity index (χ0) is 30.9. The van der Waals surface area contributed by atoms with Gasteiger partial charge in [-0.2, -0.15) is 0 Å². The van der Waals surface area contributed by atoms with Crippen molar-refractivity contribution in [2.24, 2.45) is 4.03 Å². The molecule has 2 aromatic heterocycles. The van der Waals surface area contributed by atoms with E-state index in [9.17, 15) is 14.1 Å². The lowest BCUT2D eigenvalue weighted by atomic mass is 9.90. The van der Waals surface area contributed by atoms with E-state index in [2.05, 4.69) is 49.6 Å². The molecule has 1 atom stereocenters. The first-order chi connectivity index (χ1) is 19.3. The van der Waals surface area contributed by atoms with Gasteiger partial charge in [0.05, 0.1) is 30.8 Å². The molecule has 5 rings (SSSR count). The number of fused-ring (bicyclic) bond motifs is 2. The number of urea groups is 1. The molecule has 0 bridgehead atoms. The Bertz CT molecular complexity index is 1530. The smallest absolute Gasteiger partial charge is 0.331 e. The van der Waals surface area contributed by atoms with Crippen LogP contribution in [0.3, 0.4) is 0 Å². The highest BCUT2D eigenvalue weighted by Crippen LogP contribution is 2.44. The number of aromatic nitrogens is 2. The van der Waals surface area contributed by atoms with Crippen LogP contribution in [-0.4, -0.2) is 52.6 Å². The second-order valence-corrected chi connectivity index (χ2v) is 22.8. The molecule has 0 spiro atoms. The van der Waals surface area contributed by atoms with Crippen molar-refractivity contribution in [2.75, 3.05) is 18.5 Å². The number of aliphatic hydroxyl groups is 1. The highest BCUT2D eigenvalue weighted by Gasteiger charge is 2.44. The average Bonchev–Trinajstić information content (AvgIpc) is 3.60. The van der Waals surface area contributed by atoms with Crippen LogP contribution in [0.25, 0.3) is 0 Å². The Morgan fingerprint density at radius 1 is 1.12 bits per heavy atom. The Morgan fingerprint density at radius 2 is 1.79 bits per heavy atom. The minimum absolute atomic E-state index is 0.0178. The fourth-order valence-electron chi connectivity index (χ4n) is 5.37. The fraction of sp³-hybridized carbons (Fsp3) is 0.690. The van der Waals surface area contributed by atoms with Gasteiger partial charge in [-0.1, -0.05) is 34.6 Å². The van der Waals surface area contributed by atoms with Crippen LogP contribution in [0.15, 0.2) is 14.4 Å². The van der Waals surface area contributed by atoms with Crippen molar-refractivity contribution in [1.29, 1.82) is 0 Å². The number of hydrogen-bond acceptors (Lipinski definition) is 9. The normalized spacial score (nSPS) is 22.1. The average molecular weight is 636 g/mol. The van der Waals surface area contributed by atoms with Gasteiger partial charge < -0.3 is 19.9 Å². The SMILES string of the molecule is CC1(C)OCC(O)(c2ncc(S(=O)(=N[Si](C)(C)C(C)(C)C)NC(=O)Nc3c4c(nc5c3CCC5(C)C)CCC4)s2)CO1. The van der Waals surface area contributed by atoms with Gasteiger partial charge in [-0.3, -0.25) is 9.01 Å². The zero-order valence-electron chi connectivity index (χ0n) is 26.3. The third-order valence-electron chi connectivity index (χ3n) is 9.10. The maximum Gasteiger partial charge on any atom is 0.331 e. The predicted molar refractivity (Wildman–Crippen MR) is 168 cm³/mol. The van der Waals surface area contributed by atoms with E-state index >= 15 is 0 Å². The predicted octanol–water partition coefficient (Wildman–Crippen LogP) is 5.79. The van der Waals surface area contributed by atoms with Crippen LogP contribution in [0.5, 0.6) is 0 Å². The molecule has 0 saturated carbocycles. The molecule has 1 aliphatic heterocycles. The van der Waals surface area contributed by atoms with Gasteiger partial charge in [-0.05, 0) is 75.2 Å². The summed E-state index contributed by atoms with van der Waals surface area (Å²) in [6.07, 6.45) is 5.98. The Balaban J connectivity index is 1.51. The molecule has 232 valence electrons. The second-order valence-electron chi connectivity index (χ2n) is 14.5. The lowest BCUT2D eigenvalue weighted by Crippen LogP contribution is -2.49. The molecule has 3 heterocycles. The van der Waals surface area contributed by atoms with Crippen LogP contribution < -0.4 is 10.0 Å². The topological polar surface area (TPSA) is 135 Å². The van der Waals surface area contributed by atoms with Crippen LogP contribution in [0.2, 0.25) is 18.1 Å². The molecule has 2 aromatic rings. The summed E-state index contributed by atoms with van der Waals surface area (Å²) in [5.74, 6) is -0.820. The van der Waals surface area contributed by atoms with Crippen molar-refractivity contribution in [2.45, 2.75) is 120 Å². The highest BCUT2D eigenvalue weighted by molar-refractivity contribution is 7.95. The summed E-state index contributed by atoms with van der Waals surface area (Å²) in [5.41, 5.74) is 3.50. The number of ether oxygens (including phenoxy) is 2. The molecule has 1 fully saturated rings. The number of thiazole rings is 1. The standard InChI is InChI=1S/C29H45N5O5S2Si/c1-26(2,3)42(8,9)34-41(37,21-15-30-24(40-21)29(36)16-38-28(6,7)39-17-29)33-25(35)32-22-18-11-10-12-20(18)31-23-19(22)13-14-27(23,4)5/h15,36H,10-14,16-17H2,1-9H3,(H2,31,32,33,34,35,37). The second kappa shape index (κ2) is 10.3. The van der Waals surface area contributed by atoms with Crippen molar-refractivity contribution >= 4 is 41.2 Å². The van der Waals surface area contributed by atoms with Gasteiger partial charge in [0.2, 0.25) is 0 Å². The highest BCUT2D eigenvalue weighted by atomic mass is 32.2. The van der Waals surface area contributed by atoms with Crippen molar-refractivity contribution < 1.29 is 23.6 Å². The summed E-state index contributed by atoms with van der Waals surface area (Å²) in [6.45, 7) is 18.2. The number of nitrogens with one attached hydrogen (secondary N) is 2. The Kier molecular flexibility index (Phi) is 7.76. The summed E-state index contributed by atoms with van der Waals surface area (Å²) in [5, 5.41) is 14.5. The van der Waals surface area contributed by atoms with E-state index in [1.165, 1.54) is 6.20 Å². The maximum absolute atomic E-state index is 14.8. The van der Waals surface area contributed by atoms with Crippen LogP contribution >= 0.6 is 11.3 Å². The van der Waals surface area contributed by atoms with Gasteiger partial charge >= 0.3 is 6.03 Å².